The molecule has 1 aromatic carbocycles. The minimum atomic E-state index is -3.65. The highest BCUT2D eigenvalue weighted by molar-refractivity contribution is 7.96. The van der Waals surface area contributed by atoms with Gasteiger partial charge in [0.15, 0.2) is 12.2 Å². The molecule has 2 aliphatic rings. The van der Waals surface area contributed by atoms with Crippen molar-refractivity contribution in [1.82, 2.24) is 9.88 Å². The van der Waals surface area contributed by atoms with Crippen molar-refractivity contribution in [1.29, 1.82) is 0 Å². The van der Waals surface area contributed by atoms with Gasteiger partial charge in [-0.15, -0.1) is 11.3 Å². The lowest BCUT2D eigenvalue weighted by atomic mass is 9.83. The normalized spacial score (nSPS) is 25.5. The van der Waals surface area contributed by atoms with Gasteiger partial charge < -0.3 is 4.42 Å². The second-order valence-electron chi connectivity index (χ2n) is 8.07. The molecule has 0 aliphatic carbocycles. The Bertz CT molecular complexity index is 1220. The molecule has 5 rings (SSSR count). The highest BCUT2D eigenvalue weighted by Gasteiger charge is 2.49. The smallest absolute Gasteiger partial charge is 0.258 e. The van der Waals surface area contributed by atoms with E-state index in [9.17, 15) is 12.8 Å². The molecule has 0 N–H and O–H groups in total. The van der Waals surface area contributed by atoms with Gasteiger partial charge >= 0.3 is 0 Å². The maximum atomic E-state index is 13.9. The Kier molecular flexibility index (Phi) is 4.99. The molecule has 1 fully saturated rings. The molecule has 162 valence electrons. The zero-order chi connectivity index (χ0) is 21.6. The number of thiophene rings is 1. The molecule has 0 bridgehead atoms. The summed E-state index contributed by atoms with van der Waals surface area (Å²) in [6, 6.07) is 9.88. The number of nitrogens with zero attached hydrogens (tertiary/aromatic N) is 3. The molecule has 0 unspecified atom stereocenters. The van der Waals surface area contributed by atoms with E-state index in [4.69, 9.17) is 4.42 Å². The number of likely N-dealkylation sites (tertiary alicyclic amines) is 1. The summed E-state index contributed by atoms with van der Waals surface area (Å²) in [5.74, 6) is 0.333. The van der Waals surface area contributed by atoms with Gasteiger partial charge in [-0.3, -0.25) is 9.21 Å². The fourth-order valence-electron chi connectivity index (χ4n) is 4.65. The molecule has 2 atom stereocenters. The molecule has 0 amide bonds. The zero-order valence-corrected chi connectivity index (χ0v) is 18.6. The summed E-state index contributed by atoms with van der Waals surface area (Å²) in [7, 11) is -3.65. The molecule has 9 heteroatoms. The van der Waals surface area contributed by atoms with Gasteiger partial charge in [0.1, 0.15) is 11.5 Å². The third-order valence-electron chi connectivity index (χ3n) is 6.10. The average molecular weight is 460 g/mol. The van der Waals surface area contributed by atoms with Crippen LogP contribution in [0.25, 0.3) is 10.6 Å². The van der Waals surface area contributed by atoms with Gasteiger partial charge in [-0.2, -0.15) is 0 Å². The molecule has 3 aromatic rings. The Morgan fingerprint density at radius 1 is 1.32 bits per heavy atom. The topological polar surface area (TPSA) is 66.7 Å². The van der Waals surface area contributed by atoms with Crippen LogP contribution < -0.4 is 4.31 Å². The van der Waals surface area contributed by atoms with Gasteiger partial charge in [0.25, 0.3) is 10.0 Å². The van der Waals surface area contributed by atoms with Gasteiger partial charge in [-0.05, 0) is 55.5 Å². The van der Waals surface area contributed by atoms with Gasteiger partial charge in [-0.25, -0.2) is 17.8 Å². The predicted molar refractivity (Wildman–Crippen MR) is 119 cm³/mol. The summed E-state index contributed by atoms with van der Waals surface area (Å²) in [6.07, 6.45) is 4.45. The van der Waals surface area contributed by atoms with Crippen LogP contribution in [-0.2, 0) is 16.6 Å². The van der Waals surface area contributed by atoms with Gasteiger partial charge in [0, 0.05) is 24.5 Å². The van der Waals surface area contributed by atoms with Crippen LogP contribution >= 0.6 is 11.3 Å². The molecule has 6 nitrogen and oxygen atoms in total. The first-order chi connectivity index (χ1) is 14.9. The Labute approximate surface area is 184 Å². The molecule has 0 radical (unpaired) electrons. The molecule has 2 aliphatic heterocycles. The number of benzene rings is 1. The SMILES string of the molecule is C[C@H]1C[C@@]2(C=CS(=O)(=O)N2c2cccc(F)c2)CCN1Cc1ncoc1-c1cccs1. The van der Waals surface area contributed by atoms with Crippen molar-refractivity contribution in [2.24, 2.45) is 0 Å². The molecule has 1 saturated heterocycles. The molecule has 2 aromatic heterocycles. The Balaban J connectivity index is 1.39. The number of oxazole rings is 1. The van der Waals surface area contributed by atoms with Crippen LogP contribution in [0.4, 0.5) is 10.1 Å². The Morgan fingerprint density at radius 2 is 2.19 bits per heavy atom. The number of hydrogen-bond donors (Lipinski definition) is 0. The van der Waals surface area contributed by atoms with E-state index < -0.39 is 21.4 Å². The van der Waals surface area contributed by atoms with E-state index in [1.165, 1.54) is 28.2 Å². The number of hydrogen-bond acceptors (Lipinski definition) is 6. The van der Waals surface area contributed by atoms with Crippen LogP contribution in [0.5, 0.6) is 0 Å². The summed E-state index contributed by atoms with van der Waals surface area (Å²) < 4.78 is 46.6. The summed E-state index contributed by atoms with van der Waals surface area (Å²) in [4.78, 5) is 7.75. The van der Waals surface area contributed by atoms with E-state index in [2.05, 4.69) is 16.8 Å². The second-order valence-corrected chi connectivity index (χ2v) is 10.7. The van der Waals surface area contributed by atoms with Crippen molar-refractivity contribution >= 4 is 27.0 Å². The first kappa shape index (κ1) is 20.4. The summed E-state index contributed by atoms with van der Waals surface area (Å²) >= 11 is 1.61. The van der Waals surface area contributed by atoms with E-state index in [1.54, 1.807) is 29.5 Å². The molecule has 1 spiro atoms. The van der Waals surface area contributed by atoms with Crippen LogP contribution in [0.3, 0.4) is 0 Å². The Morgan fingerprint density at radius 3 is 2.94 bits per heavy atom. The summed E-state index contributed by atoms with van der Waals surface area (Å²) in [5.41, 5.74) is 0.548. The van der Waals surface area contributed by atoms with Crippen molar-refractivity contribution in [3.8, 4) is 10.6 Å². The standard InChI is InChI=1S/C22H22FN3O3S2/c1-16-13-22(8-11-31(27,28)26(22)18-5-2-4-17(23)12-18)7-9-25(16)14-19-21(29-15-24-19)20-6-3-10-30-20/h2-6,8,10-12,15-16H,7,9,13-14H2,1H3/t16-,22-/m0/s1. The lowest BCUT2D eigenvalue weighted by Crippen LogP contribution is -2.56. The number of aromatic nitrogens is 1. The lowest BCUT2D eigenvalue weighted by molar-refractivity contribution is 0.118. The largest absolute Gasteiger partial charge is 0.442 e. The van der Waals surface area contributed by atoms with E-state index in [1.807, 2.05) is 17.5 Å². The first-order valence-electron chi connectivity index (χ1n) is 10.1. The molecular weight excluding hydrogens is 437 g/mol. The molecule has 0 saturated carbocycles. The van der Waals surface area contributed by atoms with Gasteiger partial charge in [0.05, 0.1) is 16.1 Å². The third kappa shape index (κ3) is 3.60. The number of sulfonamides is 1. The highest BCUT2D eigenvalue weighted by atomic mass is 32.2. The summed E-state index contributed by atoms with van der Waals surface area (Å²) in [5, 5.41) is 3.26. The van der Waals surface area contributed by atoms with Crippen LogP contribution in [0.15, 0.2) is 64.1 Å². The quantitative estimate of drug-likeness (QED) is 0.569. The van der Waals surface area contributed by atoms with Gasteiger partial charge in [0.2, 0.25) is 0 Å². The fraction of sp³-hybridized carbons (Fsp3) is 0.318. The Hall–Kier alpha value is -2.49. The highest BCUT2D eigenvalue weighted by Crippen LogP contribution is 2.43. The van der Waals surface area contributed by atoms with Crippen molar-refractivity contribution in [2.75, 3.05) is 10.8 Å². The van der Waals surface area contributed by atoms with Crippen LogP contribution in [0.1, 0.15) is 25.5 Å². The van der Waals surface area contributed by atoms with E-state index in [0.29, 0.717) is 31.6 Å². The van der Waals surface area contributed by atoms with Crippen molar-refractivity contribution in [3.05, 3.63) is 71.2 Å². The molecule has 31 heavy (non-hydrogen) atoms. The second kappa shape index (κ2) is 7.58. The zero-order valence-electron chi connectivity index (χ0n) is 16.9. The number of halogens is 1. The fourth-order valence-corrected chi connectivity index (χ4v) is 7.08. The third-order valence-corrected chi connectivity index (χ3v) is 8.53. The number of piperidine rings is 1. The first-order valence-corrected chi connectivity index (χ1v) is 12.5. The van der Waals surface area contributed by atoms with E-state index >= 15 is 0 Å². The van der Waals surface area contributed by atoms with Crippen LogP contribution in [-0.4, -0.2) is 36.4 Å². The molecular formula is C22H22FN3O3S2. The number of anilines is 1. The average Bonchev–Trinajstić information content (AvgIpc) is 3.44. The lowest BCUT2D eigenvalue weighted by Gasteiger charge is -2.47. The monoisotopic (exact) mass is 459 g/mol. The van der Waals surface area contributed by atoms with Crippen molar-refractivity contribution < 1.29 is 17.2 Å². The minimum Gasteiger partial charge on any atom is -0.442 e. The maximum Gasteiger partial charge on any atom is 0.258 e. The maximum absolute atomic E-state index is 13.9. The van der Waals surface area contributed by atoms with Crippen LogP contribution in [0, 0.1) is 5.82 Å². The van der Waals surface area contributed by atoms with Crippen molar-refractivity contribution in [3.63, 3.8) is 0 Å². The van der Waals surface area contributed by atoms with Gasteiger partial charge in [-0.1, -0.05) is 12.1 Å². The number of rotatable bonds is 4. The molecule has 4 heterocycles. The van der Waals surface area contributed by atoms with E-state index in [-0.39, 0.29) is 6.04 Å². The predicted octanol–water partition coefficient (Wildman–Crippen LogP) is 4.63. The summed E-state index contributed by atoms with van der Waals surface area (Å²) in [6.45, 7) is 3.40. The minimum absolute atomic E-state index is 0.0932. The van der Waals surface area contributed by atoms with E-state index in [0.717, 1.165) is 16.3 Å². The van der Waals surface area contributed by atoms with Crippen LogP contribution in [0.2, 0.25) is 0 Å². The van der Waals surface area contributed by atoms with Crippen molar-refractivity contribution in [2.45, 2.75) is 37.9 Å².